The molecule has 0 saturated carbocycles. The molecule has 0 amide bonds. The number of nitrogens with zero attached hydrogens (tertiary/aromatic N) is 1. The van der Waals surface area contributed by atoms with E-state index in [0.29, 0.717) is 13.0 Å². The third-order valence-electron chi connectivity index (χ3n) is 6.66. The van der Waals surface area contributed by atoms with E-state index < -0.39 is 11.6 Å². The maximum atomic E-state index is 13.3. The highest BCUT2D eigenvalue weighted by atomic mass is 32.2. The van der Waals surface area contributed by atoms with Gasteiger partial charge in [0.15, 0.2) is 0 Å². The lowest BCUT2D eigenvalue weighted by Crippen LogP contribution is -2.45. The lowest BCUT2D eigenvalue weighted by atomic mass is 9.83. The Bertz CT molecular complexity index is 1080. The summed E-state index contributed by atoms with van der Waals surface area (Å²) in [6.07, 6.45) is 0.756. The van der Waals surface area contributed by atoms with Crippen LogP contribution in [0.3, 0.4) is 0 Å². The van der Waals surface area contributed by atoms with E-state index in [1.54, 1.807) is 0 Å². The van der Waals surface area contributed by atoms with Crippen LogP contribution in [0.4, 0.5) is 0 Å². The van der Waals surface area contributed by atoms with Gasteiger partial charge in [0.1, 0.15) is 22.0 Å². The molecule has 2 aliphatic rings. The molecule has 0 aliphatic carbocycles. The molecule has 0 radical (unpaired) electrons. The van der Waals surface area contributed by atoms with Crippen LogP contribution < -0.4 is 5.32 Å². The molecule has 2 heterocycles. The van der Waals surface area contributed by atoms with Gasteiger partial charge >= 0.3 is 5.97 Å². The van der Waals surface area contributed by atoms with Gasteiger partial charge < -0.3 is 15.2 Å². The minimum absolute atomic E-state index is 0.0169. The van der Waals surface area contributed by atoms with Crippen LogP contribution >= 0.6 is 11.8 Å². The maximum Gasteiger partial charge on any atom is 0.349 e. The Hall–Kier alpha value is -2.61. The Kier molecular flexibility index (Phi) is 8.31. The fourth-order valence-corrected chi connectivity index (χ4v) is 5.82. The molecule has 0 aromatic heterocycles. The molecule has 186 valence electrons. The number of carbonyl (C=O) groups is 2. The van der Waals surface area contributed by atoms with Crippen molar-refractivity contribution in [1.82, 2.24) is 10.2 Å². The number of aliphatic hydroxyl groups excluding tert-OH is 1. The number of hydrogen-bond donors (Lipinski definition) is 2. The lowest BCUT2D eigenvalue weighted by Gasteiger charge is -2.37. The zero-order chi connectivity index (χ0) is 24.8. The zero-order valence-corrected chi connectivity index (χ0v) is 21.3. The minimum Gasteiger partial charge on any atom is -0.511 e. The summed E-state index contributed by atoms with van der Waals surface area (Å²) in [5.74, 6) is -0.127. The Labute approximate surface area is 211 Å². The Morgan fingerprint density at radius 1 is 1.11 bits per heavy atom. The van der Waals surface area contributed by atoms with Crippen LogP contribution in [0.15, 0.2) is 70.2 Å². The van der Waals surface area contributed by atoms with Gasteiger partial charge in [-0.3, -0.25) is 9.69 Å². The van der Waals surface area contributed by atoms with Crippen LogP contribution in [0.5, 0.6) is 0 Å². The van der Waals surface area contributed by atoms with E-state index in [9.17, 15) is 14.7 Å². The van der Waals surface area contributed by atoms with E-state index in [1.807, 2.05) is 54.6 Å². The summed E-state index contributed by atoms with van der Waals surface area (Å²) in [5.41, 5.74) is 0.842. The van der Waals surface area contributed by atoms with Gasteiger partial charge in [-0.2, -0.15) is 0 Å². The first kappa shape index (κ1) is 25.5. The molecular formula is C28H34N2O4S. The quantitative estimate of drug-likeness (QED) is 0.486. The van der Waals surface area contributed by atoms with E-state index in [0.717, 1.165) is 42.2 Å². The third-order valence-corrected chi connectivity index (χ3v) is 7.86. The number of thioether (sulfide) groups is 1. The number of cyclic esters (lactones) is 1. The first-order chi connectivity index (χ1) is 16.9. The molecule has 2 aliphatic heterocycles. The highest BCUT2D eigenvalue weighted by molar-refractivity contribution is 8.04. The van der Waals surface area contributed by atoms with Crippen LogP contribution in [-0.2, 0) is 19.9 Å². The number of ketones is 1. The van der Waals surface area contributed by atoms with Crippen molar-refractivity contribution in [3.63, 3.8) is 0 Å². The fraction of sp³-hybridized carbons (Fsp3) is 0.429. The second-order valence-corrected chi connectivity index (χ2v) is 10.6. The molecule has 1 unspecified atom stereocenters. The normalized spacial score (nSPS) is 21.3. The Morgan fingerprint density at radius 3 is 2.49 bits per heavy atom. The average molecular weight is 495 g/mol. The van der Waals surface area contributed by atoms with Gasteiger partial charge in [-0.05, 0) is 29.5 Å². The third kappa shape index (κ3) is 6.15. The first-order valence-corrected chi connectivity index (χ1v) is 13.1. The van der Waals surface area contributed by atoms with E-state index >= 15 is 0 Å². The minimum atomic E-state index is -1.07. The van der Waals surface area contributed by atoms with Crippen LogP contribution in [-0.4, -0.2) is 54.5 Å². The van der Waals surface area contributed by atoms with E-state index in [1.165, 1.54) is 11.8 Å². The number of rotatable bonds is 9. The first-order valence-electron chi connectivity index (χ1n) is 12.3. The summed E-state index contributed by atoms with van der Waals surface area (Å²) >= 11 is 1.25. The SMILES string of the molecule is CC(C)c1ccccc1SC1=C(O)CC(CCC(=O)CN2CCNCC2)(c2ccccc2)OC1=O. The topological polar surface area (TPSA) is 78.9 Å². The molecule has 2 aromatic rings. The smallest absolute Gasteiger partial charge is 0.349 e. The van der Waals surface area contributed by atoms with E-state index in [2.05, 4.69) is 24.1 Å². The summed E-state index contributed by atoms with van der Waals surface area (Å²) in [4.78, 5) is 29.4. The van der Waals surface area contributed by atoms with Gasteiger partial charge in [-0.15, -0.1) is 0 Å². The van der Waals surface area contributed by atoms with Crippen molar-refractivity contribution < 1.29 is 19.4 Å². The van der Waals surface area contributed by atoms with Crippen molar-refractivity contribution in [2.75, 3.05) is 32.7 Å². The summed E-state index contributed by atoms with van der Waals surface area (Å²) in [6, 6.07) is 17.4. The number of carbonyl (C=O) groups excluding carboxylic acids is 2. The van der Waals surface area contributed by atoms with Gasteiger partial charge in [-0.1, -0.05) is 74.1 Å². The predicted octanol–water partition coefficient (Wildman–Crippen LogP) is 4.77. The summed E-state index contributed by atoms with van der Waals surface area (Å²) in [6.45, 7) is 8.08. The van der Waals surface area contributed by atoms with Gasteiger partial charge in [0.05, 0.1) is 13.0 Å². The molecule has 1 atom stereocenters. The molecule has 6 nitrogen and oxygen atoms in total. The molecule has 35 heavy (non-hydrogen) atoms. The molecule has 4 rings (SSSR count). The fourth-order valence-electron chi connectivity index (χ4n) is 4.72. The Balaban J connectivity index is 1.55. The number of nitrogens with one attached hydrogen (secondary N) is 1. The van der Waals surface area contributed by atoms with Gasteiger partial charge in [0, 0.05) is 37.5 Å². The van der Waals surface area contributed by atoms with Crippen molar-refractivity contribution in [3.8, 4) is 0 Å². The summed E-state index contributed by atoms with van der Waals surface area (Å²) in [7, 11) is 0. The molecule has 1 saturated heterocycles. The number of hydrogen-bond acceptors (Lipinski definition) is 7. The molecule has 2 aromatic carbocycles. The van der Waals surface area contributed by atoms with Gasteiger partial charge in [0.25, 0.3) is 0 Å². The highest BCUT2D eigenvalue weighted by Gasteiger charge is 2.44. The average Bonchev–Trinajstić information content (AvgIpc) is 2.86. The number of benzene rings is 2. The zero-order valence-electron chi connectivity index (χ0n) is 20.5. The second kappa shape index (κ2) is 11.4. The summed E-state index contributed by atoms with van der Waals surface area (Å²) < 4.78 is 6.10. The molecule has 0 bridgehead atoms. The maximum absolute atomic E-state index is 13.3. The molecule has 1 fully saturated rings. The molecular weight excluding hydrogens is 460 g/mol. The number of Topliss-reactive ketones (excluding diaryl/α,β-unsaturated/α-hetero) is 1. The monoisotopic (exact) mass is 494 g/mol. The molecule has 2 N–H and O–H groups in total. The largest absolute Gasteiger partial charge is 0.511 e. The van der Waals surface area contributed by atoms with Gasteiger partial charge in [0.2, 0.25) is 0 Å². The second-order valence-electron chi connectivity index (χ2n) is 9.56. The van der Waals surface area contributed by atoms with Crippen molar-refractivity contribution >= 4 is 23.5 Å². The summed E-state index contributed by atoms with van der Waals surface area (Å²) in [5, 5.41) is 14.4. The number of ether oxygens (including phenoxy) is 1. The number of esters is 1. The molecule has 0 spiro atoms. The standard InChI is InChI=1S/C28H34N2O4S/c1-20(2)23-10-6-7-11-25(23)35-26-24(32)18-28(34-27(26)33,21-8-4-3-5-9-21)13-12-22(31)19-30-16-14-29-15-17-30/h3-11,20,29,32H,12-19H2,1-2H3. The van der Waals surface area contributed by atoms with Crippen molar-refractivity contribution in [2.24, 2.45) is 0 Å². The van der Waals surface area contributed by atoms with Crippen LogP contribution in [0.2, 0.25) is 0 Å². The van der Waals surface area contributed by atoms with Crippen molar-refractivity contribution in [1.29, 1.82) is 0 Å². The number of aliphatic hydroxyl groups is 1. The highest BCUT2D eigenvalue weighted by Crippen LogP contribution is 2.46. The lowest BCUT2D eigenvalue weighted by molar-refractivity contribution is -0.161. The van der Waals surface area contributed by atoms with Crippen LogP contribution in [0, 0.1) is 0 Å². The van der Waals surface area contributed by atoms with E-state index in [-0.39, 0.29) is 35.2 Å². The van der Waals surface area contributed by atoms with Crippen LogP contribution in [0.25, 0.3) is 0 Å². The van der Waals surface area contributed by atoms with Crippen LogP contribution in [0.1, 0.15) is 50.2 Å². The van der Waals surface area contributed by atoms with E-state index in [4.69, 9.17) is 4.74 Å². The predicted molar refractivity (Wildman–Crippen MR) is 138 cm³/mol. The van der Waals surface area contributed by atoms with Crippen molar-refractivity contribution in [2.45, 2.75) is 49.5 Å². The van der Waals surface area contributed by atoms with Gasteiger partial charge in [-0.25, -0.2) is 4.79 Å². The molecule has 7 heteroatoms. The number of piperazine rings is 1. The Morgan fingerprint density at radius 2 is 1.80 bits per heavy atom. The van der Waals surface area contributed by atoms with Crippen molar-refractivity contribution in [3.05, 3.63) is 76.4 Å².